The maximum absolute atomic E-state index is 5.93. The molecule has 0 atom stereocenters. The van der Waals surface area contributed by atoms with Crippen LogP contribution in [-0.4, -0.2) is 4.98 Å². The number of aryl methyl sites for hydroxylation is 1. The van der Waals surface area contributed by atoms with Crippen LogP contribution in [0.2, 0.25) is 0 Å². The maximum atomic E-state index is 5.93. The highest BCUT2D eigenvalue weighted by Crippen LogP contribution is 2.29. The Bertz CT molecular complexity index is 496. The van der Waals surface area contributed by atoms with Crippen molar-refractivity contribution in [3.8, 4) is 0 Å². The molecule has 2 aromatic rings. The molecule has 1 aromatic heterocycles. The molecule has 1 heterocycles. The first-order chi connectivity index (χ1) is 7.65. The van der Waals surface area contributed by atoms with Gasteiger partial charge in [-0.05, 0) is 24.6 Å². The molecule has 0 fully saturated rings. The van der Waals surface area contributed by atoms with Gasteiger partial charge in [-0.1, -0.05) is 33.8 Å². The number of halogens is 1. The van der Waals surface area contributed by atoms with E-state index in [9.17, 15) is 0 Å². The van der Waals surface area contributed by atoms with Crippen molar-refractivity contribution in [2.75, 3.05) is 5.73 Å². The van der Waals surface area contributed by atoms with Crippen LogP contribution in [0.3, 0.4) is 0 Å². The first kappa shape index (κ1) is 12.0. The van der Waals surface area contributed by atoms with Crippen molar-refractivity contribution < 1.29 is 0 Å². The lowest BCUT2D eigenvalue weighted by Crippen LogP contribution is -1.92. The average molecular weight is 315 g/mol. The van der Waals surface area contributed by atoms with Crippen molar-refractivity contribution in [2.24, 2.45) is 0 Å². The second kappa shape index (κ2) is 5.21. The zero-order valence-corrected chi connectivity index (χ0v) is 12.0. The minimum absolute atomic E-state index is 0.829. The number of rotatable bonds is 3. The first-order valence-electron chi connectivity index (χ1n) is 4.74. The monoisotopic (exact) mass is 314 g/mol. The van der Waals surface area contributed by atoms with Crippen LogP contribution in [0, 0.1) is 6.92 Å². The van der Waals surface area contributed by atoms with Gasteiger partial charge in [-0.25, -0.2) is 4.98 Å². The third-order valence-electron chi connectivity index (χ3n) is 2.06. The Kier molecular flexibility index (Phi) is 3.89. The van der Waals surface area contributed by atoms with Crippen LogP contribution in [0.5, 0.6) is 0 Å². The molecule has 16 heavy (non-hydrogen) atoms. The van der Waals surface area contributed by atoms with Gasteiger partial charge in [-0.3, -0.25) is 0 Å². The van der Waals surface area contributed by atoms with Crippen molar-refractivity contribution in [1.29, 1.82) is 0 Å². The van der Waals surface area contributed by atoms with E-state index in [2.05, 4.69) is 26.3 Å². The predicted octanol–water partition coefficient (Wildman–Crippen LogP) is 4.09. The minimum Gasteiger partial charge on any atom is -0.398 e. The summed E-state index contributed by atoms with van der Waals surface area (Å²) in [6.07, 6.45) is 0. The molecule has 0 bridgehead atoms. The van der Waals surface area contributed by atoms with Gasteiger partial charge in [0.2, 0.25) is 0 Å². The molecule has 0 radical (unpaired) electrons. The van der Waals surface area contributed by atoms with Crippen molar-refractivity contribution in [2.45, 2.75) is 17.0 Å². The summed E-state index contributed by atoms with van der Waals surface area (Å²) in [7, 11) is 0. The summed E-state index contributed by atoms with van der Waals surface area (Å²) in [6, 6.07) is 6.00. The molecule has 2 rings (SSSR count). The summed E-state index contributed by atoms with van der Waals surface area (Å²) >= 11 is 6.80. The van der Waals surface area contributed by atoms with E-state index in [0.717, 1.165) is 31.5 Å². The number of anilines is 1. The molecule has 1 aromatic carbocycles. The van der Waals surface area contributed by atoms with Crippen LogP contribution in [0.4, 0.5) is 5.69 Å². The number of thioether (sulfide) groups is 1. The maximum Gasteiger partial charge on any atom is 0.150 e. The molecule has 0 unspecified atom stereocenters. The fourth-order valence-electron chi connectivity index (χ4n) is 1.24. The SMILES string of the molecule is Cc1csc(SCc2ccc(Br)cc2N)n1. The fourth-order valence-corrected chi connectivity index (χ4v) is 3.48. The molecule has 0 spiro atoms. The standard InChI is InChI=1S/C11H11BrN2S2/c1-7-5-15-11(14-7)16-6-8-2-3-9(12)4-10(8)13/h2-5H,6,13H2,1H3. The quantitative estimate of drug-likeness (QED) is 0.685. The molecule has 0 saturated heterocycles. The molecular weight excluding hydrogens is 304 g/mol. The highest BCUT2D eigenvalue weighted by molar-refractivity contribution is 9.10. The van der Waals surface area contributed by atoms with Crippen molar-refractivity contribution in [1.82, 2.24) is 4.98 Å². The molecule has 84 valence electrons. The lowest BCUT2D eigenvalue weighted by atomic mass is 10.2. The number of nitrogens with two attached hydrogens (primary N) is 1. The molecular formula is C11H11BrN2S2. The number of nitrogen functional groups attached to an aromatic ring is 1. The van der Waals surface area contributed by atoms with Gasteiger partial charge in [0.25, 0.3) is 0 Å². The van der Waals surface area contributed by atoms with E-state index in [1.165, 1.54) is 0 Å². The number of nitrogens with zero attached hydrogens (tertiary/aromatic N) is 1. The van der Waals surface area contributed by atoms with Gasteiger partial charge >= 0.3 is 0 Å². The van der Waals surface area contributed by atoms with Gasteiger partial charge in [-0.15, -0.1) is 11.3 Å². The Morgan fingerprint density at radius 2 is 2.31 bits per heavy atom. The largest absolute Gasteiger partial charge is 0.398 e. The highest BCUT2D eigenvalue weighted by Gasteiger charge is 2.03. The number of hydrogen-bond donors (Lipinski definition) is 1. The highest BCUT2D eigenvalue weighted by atomic mass is 79.9. The summed E-state index contributed by atoms with van der Waals surface area (Å²) in [6.45, 7) is 2.01. The summed E-state index contributed by atoms with van der Waals surface area (Å²) < 4.78 is 2.11. The van der Waals surface area contributed by atoms with E-state index in [1.54, 1.807) is 23.1 Å². The summed E-state index contributed by atoms with van der Waals surface area (Å²) in [5.74, 6) is 0.867. The van der Waals surface area contributed by atoms with E-state index < -0.39 is 0 Å². The smallest absolute Gasteiger partial charge is 0.150 e. The Hall–Kier alpha value is -0.520. The van der Waals surface area contributed by atoms with E-state index >= 15 is 0 Å². The van der Waals surface area contributed by atoms with Crippen LogP contribution in [0.25, 0.3) is 0 Å². The summed E-state index contributed by atoms with van der Waals surface area (Å²) in [5, 5.41) is 2.06. The molecule has 0 aliphatic rings. The molecule has 5 heteroatoms. The van der Waals surface area contributed by atoms with Crippen LogP contribution in [0.15, 0.2) is 32.4 Å². The molecule has 0 aliphatic heterocycles. The molecule has 0 amide bonds. The average Bonchev–Trinajstić information content (AvgIpc) is 2.63. The Morgan fingerprint density at radius 1 is 1.50 bits per heavy atom. The van der Waals surface area contributed by atoms with E-state index in [1.807, 2.05) is 25.1 Å². The van der Waals surface area contributed by atoms with Crippen molar-refractivity contribution in [3.63, 3.8) is 0 Å². The summed E-state index contributed by atoms with van der Waals surface area (Å²) in [5.41, 5.74) is 8.99. The Balaban J connectivity index is 2.04. The normalized spacial score (nSPS) is 10.6. The second-order valence-electron chi connectivity index (χ2n) is 3.39. The van der Waals surface area contributed by atoms with Crippen LogP contribution in [0.1, 0.15) is 11.3 Å². The Morgan fingerprint density at radius 3 is 2.94 bits per heavy atom. The lowest BCUT2D eigenvalue weighted by molar-refractivity contribution is 1.16. The number of hydrogen-bond acceptors (Lipinski definition) is 4. The minimum atomic E-state index is 0.829. The zero-order valence-electron chi connectivity index (χ0n) is 8.74. The number of benzene rings is 1. The topological polar surface area (TPSA) is 38.9 Å². The van der Waals surface area contributed by atoms with Gasteiger partial charge < -0.3 is 5.73 Å². The zero-order chi connectivity index (χ0) is 11.5. The molecule has 0 saturated carbocycles. The second-order valence-corrected chi connectivity index (χ2v) is 6.38. The van der Waals surface area contributed by atoms with Gasteiger partial charge in [0.15, 0.2) is 0 Å². The van der Waals surface area contributed by atoms with E-state index in [-0.39, 0.29) is 0 Å². The van der Waals surface area contributed by atoms with Crippen LogP contribution < -0.4 is 5.73 Å². The molecule has 2 nitrogen and oxygen atoms in total. The van der Waals surface area contributed by atoms with Crippen LogP contribution in [-0.2, 0) is 5.75 Å². The molecule has 2 N–H and O–H groups in total. The summed E-state index contributed by atoms with van der Waals surface area (Å²) in [4.78, 5) is 4.40. The van der Waals surface area contributed by atoms with Crippen molar-refractivity contribution >= 4 is 44.7 Å². The Labute approximate surface area is 111 Å². The molecule has 0 aliphatic carbocycles. The fraction of sp³-hybridized carbons (Fsp3) is 0.182. The third-order valence-corrected chi connectivity index (χ3v) is 4.74. The number of thiazole rings is 1. The predicted molar refractivity (Wildman–Crippen MR) is 75.0 cm³/mol. The van der Waals surface area contributed by atoms with Gasteiger partial charge in [0.1, 0.15) is 4.34 Å². The number of aromatic nitrogens is 1. The van der Waals surface area contributed by atoms with Gasteiger partial charge in [0.05, 0.1) is 0 Å². The van der Waals surface area contributed by atoms with E-state index in [4.69, 9.17) is 5.73 Å². The van der Waals surface area contributed by atoms with Gasteiger partial charge in [-0.2, -0.15) is 0 Å². The van der Waals surface area contributed by atoms with Crippen molar-refractivity contribution in [3.05, 3.63) is 39.3 Å². The van der Waals surface area contributed by atoms with Gasteiger partial charge in [0, 0.05) is 27.0 Å². The van der Waals surface area contributed by atoms with Crippen LogP contribution >= 0.6 is 39.0 Å². The first-order valence-corrected chi connectivity index (χ1v) is 7.40. The third kappa shape index (κ3) is 2.99. The van der Waals surface area contributed by atoms with E-state index in [0.29, 0.717) is 0 Å². The lowest BCUT2D eigenvalue weighted by Gasteiger charge is -2.04.